The van der Waals surface area contributed by atoms with Crippen LogP contribution in [0.25, 0.3) is 11.4 Å². The summed E-state index contributed by atoms with van der Waals surface area (Å²) in [5.41, 5.74) is 5.79. The van der Waals surface area contributed by atoms with E-state index in [-0.39, 0.29) is 5.43 Å². The SMILES string of the molecule is CCN(CC)c1ccnc(CN(C)Cc2cc(=O)cc(-c3cc(N4CCCC4)ccn3)[nH]2)c1. The molecule has 0 unspecified atom stereocenters. The predicted octanol–water partition coefficient (Wildman–Crippen LogP) is 3.91. The van der Waals surface area contributed by atoms with Gasteiger partial charge in [-0.05, 0) is 58.0 Å². The van der Waals surface area contributed by atoms with Gasteiger partial charge in [-0.1, -0.05) is 0 Å². The minimum absolute atomic E-state index is 0.0119. The van der Waals surface area contributed by atoms with E-state index in [1.807, 2.05) is 25.5 Å². The Morgan fingerprint density at radius 3 is 2.48 bits per heavy atom. The fourth-order valence-electron chi connectivity index (χ4n) is 4.52. The highest BCUT2D eigenvalue weighted by molar-refractivity contribution is 5.61. The molecule has 1 saturated heterocycles. The van der Waals surface area contributed by atoms with Crippen molar-refractivity contribution in [1.82, 2.24) is 19.9 Å². The highest BCUT2D eigenvalue weighted by Crippen LogP contribution is 2.24. The van der Waals surface area contributed by atoms with Crippen LogP contribution in [0.5, 0.6) is 0 Å². The number of pyridine rings is 3. The second kappa shape index (κ2) is 10.6. The molecule has 3 aromatic heterocycles. The number of aromatic nitrogens is 3. The van der Waals surface area contributed by atoms with Gasteiger partial charge in [0.25, 0.3) is 0 Å². The van der Waals surface area contributed by atoms with Crippen molar-refractivity contribution < 1.29 is 0 Å². The Morgan fingerprint density at radius 2 is 1.73 bits per heavy atom. The third-order valence-electron chi connectivity index (χ3n) is 6.19. The monoisotopic (exact) mass is 446 g/mol. The van der Waals surface area contributed by atoms with Gasteiger partial charge in [0.05, 0.1) is 17.1 Å². The van der Waals surface area contributed by atoms with E-state index in [2.05, 4.69) is 61.7 Å². The second-order valence-electron chi connectivity index (χ2n) is 8.70. The quantitative estimate of drug-likeness (QED) is 0.538. The normalized spacial score (nSPS) is 13.6. The van der Waals surface area contributed by atoms with Crippen LogP contribution in [0.4, 0.5) is 11.4 Å². The van der Waals surface area contributed by atoms with Gasteiger partial charge < -0.3 is 14.8 Å². The maximum Gasteiger partial charge on any atom is 0.182 e. The zero-order valence-corrected chi connectivity index (χ0v) is 19.9. The van der Waals surface area contributed by atoms with Gasteiger partial charge in [-0.2, -0.15) is 0 Å². The maximum absolute atomic E-state index is 12.5. The molecular formula is C26H34N6O. The summed E-state index contributed by atoms with van der Waals surface area (Å²) in [6.45, 7) is 9.73. The second-order valence-corrected chi connectivity index (χ2v) is 8.70. The third-order valence-corrected chi connectivity index (χ3v) is 6.19. The summed E-state index contributed by atoms with van der Waals surface area (Å²) in [5.74, 6) is 0. The van der Waals surface area contributed by atoms with Crippen LogP contribution in [0.3, 0.4) is 0 Å². The Hall–Kier alpha value is -3.19. The third kappa shape index (κ3) is 5.79. The van der Waals surface area contributed by atoms with Crippen molar-refractivity contribution >= 4 is 11.4 Å². The average Bonchev–Trinajstić information content (AvgIpc) is 3.35. The fourth-order valence-corrected chi connectivity index (χ4v) is 4.52. The van der Waals surface area contributed by atoms with Crippen LogP contribution in [0.2, 0.25) is 0 Å². The molecule has 1 N–H and O–H groups in total. The molecule has 0 amide bonds. The first-order chi connectivity index (χ1) is 16.1. The summed E-state index contributed by atoms with van der Waals surface area (Å²) in [7, 11) is 2.04. The molecule has 0 bridgehead atoms. The van der Waals surface area contributed by atoms with E-state index in [9.17, 15) is 4.79 Å². The lowest BCUT2D eigenvalue weighted by atomic mass is 10.2. The molecule has 4 rings (SSSR count). The Balaban J connectivity index is 1.49. The van der Waals surface area contributed by atoms with Crippen molar-refractivity contribution in [3.63, 3.8) is 0 Å². The van der Waals surface area contributed by atoms with Gasteiger partial charge in [-0.15, -0.1) is 0 Å². The number of aromatic amines is 1. The number of H-pyrrole nitrogens is 1. The fraction of sp³-hybridized carbons (Fsp3) is 0.423. The molecule has 1 aliphatic heterocycles. The lowest BCUT2D eigenvalue weighted by Crippen LogP contribution is -2.23. The summed E-state index contributed by atoms with van der Waals surface area (Å²) >= 11 is 0. The maximum atomic E-state index is 12.5. The van der Waals surface area contributed by atoms with Gasteiger partial charge in [0.2, 0.25) is 0 Å². The molecule has 3 aromatic rings. The highest BCUT2D eigenvalue weighted by Gasteiger charge is 2.14. The Labute approximate surface area is 196 Å². The number of anilines is 2. The molecule has 33 heavy (non-hydrogen) atoms. The number of nitrogens with zero attached hydrogens (tertiary/aromatic N) is 5. The highest BCUT2D eigenvalue weighted by atomic mass is 16.1. The largest absolute Gasteiger partial charge is 0.372 e. The first kappa shape index (κ1) is 23.0. The van der Waals surface area contributed by atoms with Crippen LogP contribution in [0.15, 0.2) is 53.6 Å². The van der Waals surface area contributed by atoms with E-state index >= 15 is 0 Å². The molecular weight excluding hydrogens is 412 g/mol. The van der Waals surface area contributed by atoms with Crippen LogP contribution in [-0.2, 0) is 13.1 Å². The van der Waals surface area contributed by atoms with Gasteiger partial charge in [0.1, 0.15) is 0 Å². The van der Waals surface area contributed by atoms with Crippen LogP contribution >= 0.6 is 0 Å². The van der Waals surface area contributed by atoms with E-state index in [1.54, 1.807) is 12.1 Å². The van der Waals surface area contributed by atoms with Crippen molar-refractivity contribution in [2.75, 3.05) is 43.0 Å². The lowest BCUT2D eigenvalue weighted by molar-refractivity contribution is 0.311. The molecule has 0 radical (unpaired) electrons. The van der Waals surface area contributed by atoms with Gasteiger partial charge in [-0.3, -0.25) is 19.7 Å². The van der Waals surface area contributed by atoms with Gasteiger partial charge in [-0.25, -0.2) is 0 Å². The summed E-state index contributed by atoms with van der Waals surface area (Å²) in [6, 6.07) is 11.6. The Kier molecular flexibility index (Phi) is 7.40. The van der Waals surface area contributed by atoms with Crippen molar-refractivity contribution in [3.05, 3.63) is 70.4 Å². The van der Waals surface area contributed by atoms with Crippen molar-refractivity contribution in [2.45, 2.75) is 39.8 Å². The molecule has 7 nitrogen and oxygen atoms in total. The topological polar surface area (TPSA) is 68.4 Å². The molecule has 174 valence electrons. The summed E-state index contributed by atoms with van der Waals surface area (Å²) in [5, 5.41) is 0. The minimum atomic E-state index is -0.0119. The number of hydrogen-bond acceptors (Lipinski definition) is 6. The van der Waals surface area contributed by atoms with Crippen LogP contribution < -0.4 is 15.2 Å². The molecule has 0 saturated carbocycles. The Morgan fingerprint density at radius 1 is 0.970 bits per heavy atom. The summed E-state index contributed by atoms with van der Waals surface area (Å²) < 4.78 is 0. The van der Waals surface area contributed by atoms with E-state index in [1.165, 1.54) is 24.2 Å². The number of nitrogens with one attached hydrogen (secondary N) is 1. The van der Waals surface area contributed by atoms with Crippen molar-refractivity contribution in [1.29, 1.82) is 0 Å². The van der Waals surface area contributed by atoms with Gasteiger partial charge >= 0.3 is 0 Å². The van der Waals surface area contributed by atoms with E-state index in [4.69, 9.17) is 0 Å². The summed E-state index contributed by atoms with van der Waals surface area (Å²) in [6.07, 6.45) is 6.15. The average molecular weight is 447 g/mol. The van der Waals surface area contributed by atoms with Crippen LogP contribution in [-0.4, -0.2) is 53.1 Å². The molecule has 7 heteroatoms. The smallest absolute Gasteiger partial charge is 0.182 e. The van der Waals surface area contributed by atoms with Gasteiger partial charge in [0, 0.05) is 80.9 Å². The Bertz CT molecular complexity index is 1120. The molecule has 0 spiro atoms. The van der Waals surface area contributed by atoms with Crippen molar-refractivity contribution in [2.24, 2.45) is 0 Å². The molecule has 0 aliphatic carbocycles. The van der Waals surface area contributed by atoms with E-state index in [0.717, 1.165) is 49.0 Å². The first-order valence-corrected chi connectivity index (χ1v) is 11.9. The predicted molar refractivity (Wildman–Crippen MR) is 135 cm³/mol. The molecule has 0 atom stereocenters. The molecule has 4 heterocycles. The standard InChI is InChI=1S/C26H34N6O/c1-4-31(5-2)22-8-10-27-20(14-22)18-30(3)19-21-15-24(33)17-26(29-21)25-16-23(9-11-28-25)32-12-6-7-13-32/h8-11,14-17H,4-7,12-13,18-19H2,1-3H3,(H,29,33). The van der Waals surface area contributed by atoms with Gasteiger partial charge in [0.15, 0.2) is 5.43 Å². The number of rotatable bonds is 9. The minimum Gasteiger partial charge on any atom is -0.372 e. The molecule has 1 aliphatic rings. The van der Waals surface area contributed by atoms with Crippen molar-refractivity contribution in [3.8, 4) is 11.4 Å². The van der Waals surface area contributed by atoms with Crippen LogP contribution in [0, 0.1) is 0 Å². The summed E-state index contributed by atoms with van der Waals surface area (Å²) in [4.78, 5) is 31.8. The number of hydrogen-bond donors (Lipinski definition) is 1. The van der Waals surface area contributed by atoms with E-state index < -0.39 is 0 Å². The molecule has 1 fully saturated rings. The molecule has 0 aromatic carbocycles. The lowest BCUT2D eigenvalue weighted by Gasteiger charge is -2.22. The van der Waals surface area contributed by atoms with E-state index in [0.29, 0.717) is 13.1 Å². The first-order valence-electron chi connectivity index (χ1n) is 11.9. The zero-order valence-electron chi connectivity index (χ0n) is 19.9. The zero-order chi connectivity index (χ0) is 23.2. The van der Waals surface area contributed by atoms with Crippen LogP contribution in [0.1, 0.15) is 38.1 Å².